The Balaban J connectivity index is 3.80. The van der Waals surface area contributed by atoms with Gasteiger partial charge in [0, 0.05) is 13.0 Å². The normalized spacial score (nSPS) is 15.8. The molecule has 20 heavy (non-hydrogen) atoms. The molecule has 120 valence electrons. The average molecular weight is 287 g/mol. The summed E-state index contributed by atoms with van der Waals surface area (Å²) >= 11 is 0. The summed E-state index contributed by atoms with van der Waals surface area (Å²) in [5.41, 5.74) is -0.894. The Hall–Kier alpha value is -0.610. The molecule has 0 heterocycles. The fourth-order valence-electron chi connectivity index (χ4n) is 2.43. The Morgan fingerprint density at radius 2 is 1.80 bits per heavy atom. The van der Waals surface area contributed by atoms with Crippen LogP contribution in [0.1, 0.15) is 72.6 Å². The van der Waals surface area contributed by atoms with Crippen molar-refractivity contribution in [3.8, 4) is 0 Å². The van der Waals surface area contributed by atoms with Crippen LogP contribution in [0.3, 0.4) is 0 Å². The molecule has 0 spiro atoms. The number of unbranched alkanes of at least 4 members (excludes halogenated alkanes) is 5. The molecule has 0 saturated heterocycles. The van der Waals surface area contributed by atoms with E-state index >= 15 is 0 Å². The minimum atomic E-state index is -0.894. The van der Waals surface area contributed by atoms with Crippen molar-refractivity contribution in [2.75, 3.05) is 13.2 Å². The van der Waals surface area contributed by atoms with Gasteiger partial charge < -0.3 is 15.2 Å². The lowest BCUT2D eigenvalue weighted by Crippen LogP contribution is -2.51. The third-order valence-electron chi connectivity index (χ3n) is 3.63. The van der Waals surface area contributed by atoms with Crippen molar-refractivity contribution in [1.82, 2.24) is 5.32 Å². The van der Waals surface area contributed by atoms with Gasteiger partial charge in [-0.3, -0.25) is 4.79 Å². The molecule has 0 amide bonds. The van der Waals surface area contributed by atoms with Crippen LogP contribution in [0, 0.1) is 0 Å². The van der Waals surface area contributed by atoms with E-state index in [0.29, 0.717) is 13.0 Å². The number of aliphatic carboxylic acids is 1. The SMILES string of the molecule is CCCCCCCCOC(C)CC(C)(NCC)C(=O)O. The molecule has 2 unspecified atom stereocenters. The Bertz CT molecular complexity index is 258. The molecule has 0 aliphatic heterocycles. The van der Waals surface area contributed by atoms with Crippen molar-refractivity contribution in [3.05, 3.63) is 0 Å². The lowest BCUT2D eigenvalue weighted by atomic mass is 9.95. The first-order valence-corrected chi connectivity index (χ1v) is 8.06. The quantitative estimate of drug-likeness (QED) is 0.508. The smallest absolute Gasteiger partial charge is 0.323 e. The molecule has 4 nitrogen and oxygen atoms in total. The zero-order chi connectivity index (χ0) is 15.4. The van der Waals surface area contributed by atoms with Crippen molar-refractivity contribution < 1.29 is 14.6 Å². The van der Waals surface area contributed by atoms with Crippen molar-refractivity contribution >= 4 is 5.97 Å². The van der Waals surface area contributed by atoms with Gasteiger partial charge in [-0.2, -0.15) is 0 Å². The molecule has 4 heteroatoms. The highest BCUT2D eigenvalue weighted by molar-refractivity contribution is 5.78. The van der Waals surface area contributed by atoms with Crippen molar-refractivity contribution in [3.63, 3.8) is 0 Å². The molecule has 0 aromatic rings. The highest BCUT2D eigenvalue weighted by atomic mass is 16.5. The van der Waals surface area contributed by atoms with Gasteiger partial charge >= 0.3 is 5.97 Å². The summed E-state index contributed by atoms with van der Waals surface area (Å²) in [4.78, 5) is 11.3. The minimum Gasteiger partial charge on any atom is -0.480 e. The van der Waals surface area contributed by atoms with Crippen molar-refractivity contribution in [2.45, 2.75) is 84.3 Å². The van der Waals surface area contributed by atoms with Gasteiger partial charge in [0.15, 0.2) is 0 Å². The summed E-state index contributed by atoms with van der Waals surface area (Å²) in [5.74, 6) is -0.811. The molecule has 0 radical (unpaired) electrons. The summed E-state index contributed by atoms with van der Waals surface area (Å²) in [6.45, 7) is 9.19. The number of hydrogen-bond acceptors (Lipinski definition) is 3. The third kappa shape index (κ3) is 8.54. The van der Waals surface area contributed by atoms with Gasteiger partial charge in [0.25, 0.3) is 0 Å². The fourth-order valence-corrected chi connectivity index (χ4v) is 2.43. The number of carbonyl (C=O) groups is 1. The zero-order valence-corrected chi connectivity index (χ0v) is 13.7. The number of carboxylic acid groups (broad SMARTS) is 1. The molecule has 0 aromatic carbocycles. The first kappa shape index (κ1) is 19.4. The van der Waals surface area contributed by atoms with E-state index in [2.05, 4.69) is 12.2 Å². The van der Waals surface area contributed by atoms with Crippen LogP contribution in [-0.4, -0.2) is 35.9 Å². The second-order valence-corrected chi connectivity index (χ2v) is 5.82. The average Bonchev–Trinajstić information content (AvgIpc) is 2.37. The Labute approximate surface area is 124 Å². The van der Waals surface area contributed by atoms with E-state index in [1.807, 2.05) is 13.8 Å². The Morgan fingerprint density at radius 3 is 2.35 bits per heavy atom. The van der Waals surface area contributed by atoms with Gasteiger partial charge in [0.1, 0.15) is 5.54 Å². The third-order valence-corrected chi connectivity index (χ3v) is 3.63. The summed E-state index contributed by atoms with van der Waals surface area (Å²) in [6, 6.07) is 0. The minimum absolute atomic E-state index is 0.0363. The molecule has 2 N–H and O–H groups in total. The first-order valence-electron chi connectivity index (χ1n) is 8.06. The molecular weight excluding hydrogens is 254 g/mol. The maximum absolute atomic E-state index is 11.3. The summed E-state index contributed by atoms with van der Waals surface area (Å²) in [7, 11) is 0. The van der Waals surface area contributed by atoms with E-state index in [4.69, 9.17) is 4.74 Å². The van der Waals surface area contributed by atoms with Crippen LogP contribution >= 0.6 is 0 Å². The maximum Gasteiger partial charge on any atom is 0.323 e. The summed E-state index contributed by atoms with van der Waals surface area (Å²) in [6.07, 6.45) is 7.90. The predicted molar refractivity (Wildman–Crippen MR) is 83.1 cm³/mol. The highest BCUT2D eigenvalue weighted by Gasteiger charge is 2.33. The number of rotatable bonds is 13. The van der Waals surface area contributed by atoms with Crippen molar-refractivity contribution in [1.29, 1.82) is 0 Å². The molecule has 0 rings (SSSR count). The lowest BCUT2D eigenvalue weighted by Gasteiger charge is -2.28. The monoisotopic (exact) mass is 287 g/mol. The molecule has 0 aliphatic rings. The molecule has 0 fully saturated rings. The summed E-state index contributed by atoms with van der Waals surface area (Å²) < 4.78 is 5.74. The number of nitrogens with one attached hydrogen (secondary N) is 1. The van der Waals surface area contributed by atoms with E-state index < -0.39 is 11.5 Å². The van der Waals surface area contributed by atoms with Crippen LogP contribution in [0.5, 0.6) is 0 Å². The van der Waals surface area contributed by atoms with E-state index in [9.17, 15) is 9.90 Å². The standard InChI is InChI=1S/C16H33NO3/c1-5-7-8-9-10-11-12-20-14(3)13-16(4,15(18)19)17-6-2/h14,17H,5-13H2,1-4H3,(H,18,19). The van der Waals surface area contributed by atoms with Crippen LogP contribution < -0.4 is 5.32 Å². The fraction of sp³-hybridized carbons (Fsp3) is 0.938. The van der Waals surface area contributed by atoms with Gasteiger partial charge in [-0.05, 0) is 26.8 Å². The van der Waals surface area contributed by atoms with E-state index in [-0.39, 0.29) is 6.10 Å². The lowest BCUT2D eigenvalue weighted by molar-refractivity contribution is -0.145. The van der Waals surface area contributed by atoms with Gasteiger partial charge in [-0.1, -0.05) is 46.0 Å². The molecule has 0 bridgehead atoms. The van der Waals surface area contributed by atoms with Crippen LogP contribution in [-0.2, 0) is 9.53 Å². The number of carboxylic acids is 1. The Morgan fingerprint density at radius 1 is 1.20 bits per heavy atom. The van der Waals surface area contributed by atoms with Gasteiger partial charge in [-0.15, -0.1) is 0 Å². The second kappa shape index (κ2) is 11.1. The number of hydrogen-bond donors (Lipinski definition) is 2. The van der Waals surface area contributed by atoms with E-state index in [1.165, 1.54) is 32.1 Å². The number of ether oxygens (including phenoxy) is 1. The largest absolute Gasteiger partial charge is 0.480 e. The zero-order valence-electron chi connectivity index (χ0n) is 13.7. The van der Waals surface area contributed by atoms with E-state index in [0.717, 1.165) is 13.0 Å². The first-order chi connectivity index (χ1) is 9.46. The van der Waals surface area contributed by atoms with Gasteiger partial charge in [-0.25, -0.2) is 0 Å². The van der Waals surface area contributed by atoms with Crippen LogP contribution in [0.2, 0.25) is 0 Å². The molecule has 0 aromatic heterocycles. The predicted octanol–water partition coefficient (Wildman–Crippen LogP) is 3.59. The second-order valence-electron chi connectivity index (χ2n) is 5.82. The van der Waals surface area contributed by atoms with Gasteiger partial charge in [0.05, 0.1) is 6.10 Å². The molecular formula is C16H33NO3. The van der Waals surface area contributed by atoms with E-state index in [1.54, 1.807) is 6.92 Å². The van der Waals surface area contributed by atoms with Crippen LogP contribution in [0.25, 0.3) is 0 Å². The topological polar surface area (TPSA) is 58.6 Å². The Kier molecular flexibility index (Phi) is 10.8. The van der Waals surface area contributed by atoms with Crippen LogP contribution in [0.15, 0.2) is 0 Å². The highest BCUT2D eigenvalue weighted by Crippen LogP contribution is 2.15. The van der Waals surface area contributed by atoms with Crippen LogP contribution in [0.4, 0.5) is 0 Å². The molecule has 0 aliphatic carbocycles. The van der Waals surface area contributed by atoms with Crippen molar-refractivity contribution in [2.24, 2.45) is 0 Å². The molecule has 0 saturated carbocycles. The maximum atomic E-state index is 11.3. The molecule has 2 atom stereocenters. The number of likely N-dealkylation sites (N-methyl/N-ethyl adjacent to an activating group) is 1. The van der Waals surface area contributed by atoms with Gasteiger partial charge in [0.2, 0.25) is 0 Å². The summed E-state index contributed by atoms with van der Waals surface area (Å²) in [5, 5.41) is 12.3.